The normalized spacial score (nSPS) is 23.2. The Balaban J connectivity index is 2.06. The molecule has 0 heterocycles. The fraction of sp³-hybridized carbons (Fsp3) is 0.923. The summed E-state index contributed by atoms with van der Waals surface area (Å²) < 4.78 is 4.93. The van der Waals surface area contributed by atoms with Crippen molar-refractivity contribution in [3.63, 3.8) is 0 Å². The van der Waals surface area contributed by atoms with E-state index in [9.17, 15) is 4.79 Å². The number of rotatable bonds is 8. The van der Waals surface area contributed by atoms with Crippen molar-refractivity contribution in [2.24, 2.45) is 11.3 Å². The van der Waals surface area contributed by atoms with Crippen LogP contribution in [0.25, 0.3) is 0 Å². The molecule has 0 aliphatic heterocycles. The smallest absolute Gasteiger partial charge is 0.236 e. The summed E-state index contributed by atoms with van der Waals surface area (Å²) in [5, 5.41) is 6.20. The molecule has 1 amide bonds. The van der Waals surface area contributed by atoms with E-state index in [0.717, 1.165) is 18.9 Å². The maximum Gasteiger partial charge on any atom is 0.236 e. The Labute approximate surface area is 104 Å². The van der Waals surface area contributed by atoms with Gasteiger partial charge < -0.3 is 15.4 Å². The molecule has 1 aliphatic rings. The summed E-state index contributed by atoms with van der Waals surface area (Å²) in [7, 11) is 1.67. The van der Waals surface area contributed by atoms with Crippen LogP contribution in [0.5, 0.6) is 0 Å². The second-order valence-electron chi connectivity index (χ2n) is 5.66. The molecule has 0 aromatic heterocycles. The Morgan fingerprint density at radius 1 is 1.53 bits per heavy atom. The summed E-state index contributed by atoms with van der Waals surface area (Å²) in [6, 6.07) is -0.103. The number of amides is 1. The van der Waals surface area contributed by atoms with Crippen LogP contribution in [-0.4, -0.2) is 38.8 Å². The Bertz CT molecular complexity index is 254. The first kappa shape index (κ1) is 14.5. The average molecular weight is 242 g/mol. The highest BCUT2D eigenvalue weighted by atomic mass is 16.5. The van der Waals surface area contributed by atoms with Crippen molar-refractivity contribution in [1.82, 2.24) is 10.6 Å². The Morgan fingerprint density at radius 2 is 2.18 bits per heavy atom. The van der Waals surface area contributed by atoms with Gasteiger partial charge in [0.1, 0.15) is 0 Å². The Hall–Kier alpha value is -0.610. The van der Waals surface area contributed by atoms with E-state index in [1.54, 1.807) is 7.11 Å². The molecule has 2 unspecified atom stereocenters. The zero-order valence-electron chi connectivity index (χ0n) is 11.5. The highest BCUT2D eigenvalue weighted by Crippen LogP contribution is 2.50. The lowest BCUT2D eigenvalue weighted by molar-refractivity contribution is -0.122. The van der Waals surface area contributed by atoms with E-state index in [-0.39, 0.29) is 11.9 Å². The third kappa shape index (κ3) is 5.04. The van der Waals surface area contributed by atoms with Crippen LogP contribution in [0.1, 0.15) is 33.6 Å². The van der Waals surface area contributed by atoms with Gasteiger partial charge in [-0.1, -0.05) is 13.8 Å². The van der Waals surface area contributed by atoms with Crippen molar-refractivity contribution in [2.75, 3.05) is 26.8 Å². The Kier molecular flexibility index (Phi) is 5.40. The summed E-state index contributed by atoms with van der Waals surface area (Å²) in [6.07, 6.45) is 2.13. The van der Waals surface area contributed by atoms with Crippen LogP contribution in [0.4, 0.5) is 0 Å². The van der Waals surface area contributed by atoms with Crippen LogP contribution in [0.2, 0.25) is 0 Å². The minimum absolute atomic E-state index is 0.0829. The van der Waals surface area contributed by atoms with Gasteiger partial charge >= 0.3 is 0 Å². The largest absolute Gasteiger partial charge is 0.385 e. The van der Waals surface area contributed by atoms with Crippen molar-refractivity contribution in [3.8, 4) is 0 Å². The van der Waals surface area contributed by atoms with Gasteiger partial charge in [0, 0.05) is 20.3 Å². The first-order valence-corrected chi connectivity index (χ1v) is 6.47. The van der Waals surface area contributed by atoms with Crippen molar-refractivity contribution < 1.29 is 9.53 Å². The third-order valence-electron chi connectivity index (χ3n) is 3.61. The van der Waals surface area contributed by atoms with E-state index in [0.29, 0.717) is 18.6 Å². The molecule has 1 rings (SSSR count). The summed E-state index contributed by atoms with van der Waals surface area (Å²) >= 11 is 0. The summed E-state index contributed by atoms with van der Waals surface area (Å²) in [5.41, 5.74) is 0.474. The summed E-state index contributed by atoms with van der Waals surface area (Å²) in [5.74, 6) is 0.811. The van der Waals surface area contributed by atoms with E-state index in [1.807, 2.05) is 6.92 Å². The van der Waals surface area contributed by atoms with Gasteiger partial charge in [0.2, 0.25) is 5.91 Å². The molecule has 1 saturated carbocycles. The molecule has 0 aromatic carbocycles. The number of carbonyl (C=O) groups is 1. The van der Waals surface area contributed by atoms with Gasteiger partial charge in [-0.15, -0.1) is 0 Å². The maximum absolute atomic E-state index is 11.7. The number of methoxy groups -OCH3 is 1. The van der Waals surface area contributed by atoms with Gasteiger partial charge in [-0.2, -0.15) is 0 Å². The first-order chi connectivity index (χ1) is 7.97. The quantitative estimate of drug-likeness (QED) is 0.628. The van der Waals surface area contributed by atoms with E-state index < -0.39 is 0 Å². The van der Waals surface area contributed by atoms with Gasteiger partial charge in [-0.25, -0.2) is 0 Å². The number of hydrogen-bond acceptors (Lipinski definition) is 3. The number of hydrogen-bond donors (Lipinski definition) is 2. The molecule has 0 spiro atoms. The van der Waals surface area contributed by atoms with Gasteiger partial charge in [0.15, 0.2) is 0 Å². The highest BCUT2D eigenvalue weighted by molar-refractivity contribution is 5.81. The van der Waals surface area contributed by atoms with Gasteiger partial charge in [0.25, 0.3) is 0 Å². The van der Waals surface area contributed by atoms with E-state index >= 15 is 0 Å². The molecule has 0 radical (unpaired) electrons. The molecule has 1 fully saturated rings. The SMILES string of the molecule is COCCCNC(=O)C(C)NCC1CC1(C)C. The molecule has 0 bridgehead atoms. The van der Waals surface area contributed by atoms with Crippen molar-refractivity contribution >= 4 is 5.91 Å². The average Bonchev–Trinajstić information content (AvgIpc) is 2.89. The molecule has 100 valence electrons. The van der Waals surface area contributed by atoms with Crippen molar-refractivity contribution in [3.05, 3.63) is 0 Å². The van der Waals surface area contributed by atoms with E-state index in [4.69, 9.17) is 4.74 Å². The predicted molar refractivity (Wildman–Crippen MR) is 68.9 cm³/mol. The molecule has 2 N–H and O–H groups in total. The maximum atomic E-state index is 11.7. The molecule has 4 nitrogen and oxygen atoms in total. The zero-order chi connectivity index (χ0) is 12.9. The van der Waals surface area contributed by atoms with Crippen LogP contribution in [0.3, 0.4) is 0 Å². The molecule has 0 saturated heterocycles. The molecular formula is C13H26N2O2. The molecule has 2 atom stereocenters. The van der Waals surface area contributed by atoms with Crippen LogP contribution >= 0.6 is 0 Å². The van der Waals surface area contributed by atoms with E-state index in [1.165, 1.54) is 6.42 Å². The number of carbonyl (C=O) groups excluding carboxylic acids is 1. The number of nitrogens with one attached hydrogen (secondary N) is 2. The fourth-order valence-corrected chi connectivity index (χ4v) is 1.92. The van der Waals surface area contributed by atoms with Crippen LogP contribution in [-0.2, 0) is 9.53 Å². The summed E-state index contributed by atoms with van der Waals surface area (Å²) in [6.45, 7) is 8.79. The minimum atomic E-state index is -0.103. The minimum Gasteiger partial charge on any atom is -0.385 e. The Morgan fingerprint density at radius 3 is 2.71 bits per heavy atom. The van der Waals surface area contributed by atoms with Gasteiger partial charge in [-0.05, 0) is 37.6 Å². The highest BCUT2D eigenvalue weighted by Gasteiger charge is 2.45. The topological polar surface area (TPSA) is 50.4 Å². The molecule has 1 aliphatic carbocycles. The summed E-state index contributed by atoms with van der Waals surface area (Å²) in [4.78, 5) is 11.7. The predicted octanol–water partition coefficient (Wildman–Crippen LogP) is 1.16. The zero-order valence-corrected chi connectivity index (χ0v) is 11.5. The number of ether oxygens (including phenoxy) is 1. The molecule has 17 heavy (non-hydrogen) atoms. The van der Waals surface area contributed by atoms with Gasteiger partial charge in [0.05, 0.1) is 6.04 Å². The van der Waals surface area contributed by atoms with Crippen molar-refractivity contribution in [2.45, 2.75) is 39.7 Å². The second-order valence-corrected chi connectivity index (χ2v) is 5.66. The fourth-order valence-electron chi connectivity index (χ4n) is 1.92. The molecule has 0 aromatic rings. The molecular weight excluding hydrogens is 216 g/mol. The molecule has 4 heteroatoms. The monoisotopic (exact) mass is 242 g/mol. The third-order valence-corrected chi connectivity index (χ3v) is 3.61. The van der Waals surface area contributed by atoms with Crippen LogP contribution in [0, 0.1) is 11.3 Å². The van der Waals surface area contributed by atoms with E-state index in [2.05, 4.69) is 24.5 Å². The first-order valence-electron chi connectivity index (χ1n) is 6.47. The van der Waals surface area contributed by atoms with Gasteiger partial charge in [-0.3, -0.25) is 4.79 Å². The standard InChI is InChI=1S/C13H26N2O2/c1-10(12(16)14-6-5-7-17-4)15-9-11-8-13(11,2)3/h10-11,15H,5-9H2,1-4H3,(H,14,16). The lowest BCUT2D eigenvalue weighted by Gasteiger charge is -2.14. The van der Waals surface area contributed by atoms with Crippen molar-refractivity contribution in [1.29, 1.82) is 0 Å². The lowest BCUT2D eigenvalue weighted by Crippen LogP contribution is -2.43. The second kappa shape index (κ2) is 6.36. The lowest BCUT2D eigenvalue weighted by atomic mass is 10.1. The van der Waals surface area contributed by atoms with Crippen LogP contribution in [0.15, 0.2) is 0 Å². The van der Waals surface area contributed by atoms with Crippen LogP contribution < -0.4 is 10.6 Å².